The number of hydrogen-bond donors (Lipinski definition) is 2. The normalized spacial score (nSPS) is 8.58. The van der Waals surface area contributed by atoms with E-state index in [1.54, 1.807) is 24.3 Å². The molecule has 0 bridgehead atoms. The Morgan fingerprint density at radius 1 is 1.58 bits per heavy atom. The summed E-state index contributed by atoms with van der Waals surface area (Å²) in [5.41, 5.74) is 6.57. The maximum absolute atomic E-state index is 6.76. The molecular formula is C8H7N3S. The second kappa shape index (κ2) is 3.69. The maximum atomic E-state index is 6.76. The zero-order valence-corrected chi connectivity index (χ0v) is 7.06. The molecule has 0 unspecified atom stereocenters. The quantitative estimate of drug-likeness (QED) is 0.508. The molecule has 1 aromatic carbocycles. The SMILES string of the molecule is [C-]#[N+]c1cccc(NC(N)=S)c1. The largest absolute Gasteiger partial charge is 0.376 e. The minimum atomic E-state index is 0.206. The van der Waals surface area contributed by atoms with E-state index in [-0.39, 0.29) is 5.11 Å². The number of nitrogens with one attached hydrogen (secondary N) is 1. The first-order chi connectivity index (χ1) is 5.72. The van der Waals surface area contributed by atoms with Gasteiger partial charge in [-0.15, -0.1) is 0 Å². The number of rotatable bonds is 1. The predicted molar refractivity (Wildman–Crippen MR) is 53.1 cm³/mol. The van der Waals surface area contributed by atoms with Crippen molar-refractivity contribution in [3.63, 3.8) is 0 Å². The van der Waals surface area contributed by atoms with E-state index in [1.165, 1.54) is 0 Å². The van der Waals surface area contributed by atoms with Crippen molar-refractivity contribution in [3.05, 3.63) is 35.7 Å². The summed E-state index contributed by atoms with van der Waals surface area (Å²) >= 11 is 4.65. The number of anilines is 1. The van der Waals surface area contributed by atoms with Gasteiger partial charge in [0.1, 0.15) is 0 Å². The van der Waals surface area contributed by atoms with Gasteiger partial charge in [0.15, 0.2) is 10.8 Å². The van der Waals surface area contributed by atoms with Crippen LogP contribution in [-0.4, -0.2) is 5.11 Å². The number of nitrogens with two attached hydrogens (primary N) is 1. The van der Waals surface area contributed by atoms with Crippen LogP contribution < -0.4 is 11.1 Å². The van der Waals surface area contributed by atoms with Crippen molar-refractivity contribution in [2.24, 2.45) is 5.73 Å². The molecule has 0 amide bonds. The zero-order chi connectivity index (χ0) is 8.97. The molecule has 0 fully saturated rings. The monoisotopic (exact) mass is 177 g/mol. The van der Waals surface area contributed by atoms with E-state index in [1.807, 2.05) is 0 Å². The standard InChI is InChI=1S/C8H7N3S/c1-10-6-3-2-4-7(5-6)11-8(9)12/h2-5H,(H3,9,11,12). The zero-order valence-electron chi connectivity index (χ0n) is 6.24. The van der Waals surface area contributed by atoms with Crippen LogP contribution in [0.4, 0.5) is 11.4 Å². The molecule has 0 aliphatic rings. The van der Waals surface area contributed by atoms with Gasteiger partial charge in [0.05, 0.1) is 6.57 Å². The molecule has 0 aliphatic heterocycles. The lowest BCUT2D eigenvalue weighted by Gasteiger charge is -2.02. The Morgan fingerprint density at radius 2 is 2.33 bits per heavy atom. The van der Waals surface area contributed by atoms with Crippen molar-refractivity contribution in [1.82, 2.24) is 0 Å². The van der Waals surface area contributed by atoms with Crippen LogP contribution in [0.3, 0.4) is 0 Å². The van der Waals surface area contributed by atoms with Crippen LogP contribution in [0.25, 0.3) is 4.85 Å². The first-order valence-corrected chi connectivity index (χ1v) is 3.67. The minimum absolute atomic E-state index is 0.206. The van der Waals surface area contributed by atoms with Crippen LogP contribution in [0.2, 0.25) is 0 Å². The summed E-state index contributed by atoms with van der Waals surface area (Å²) in [6.45, 7) is 6.76. The number of nitrogens with zero attached hydrogens (tertiary/aromatic N) is 1. The van der Waals surface area contributed by atoms with Crippen molar-refractivity contribution in [1.29, 1.82) is 0 Å². The fraction of sp³-hybridized carbons (Fsp3) is 0. The Labute approximate surface area is 76.0 Å². The molecule has 12 heavy (non-hydrogen) atoms. The van der Waals surface area contributed by atoms with Crippen LogP contribution in [0.15, 0.2) is 24.3 Å². The molecule has 0 spiro atoms. The maximum Gasteiger partial charge on any atom is 0.189 e. The molecule has 0 saturated carbocycles. The molecule has 0 saturated heterocycles. The third-order valence-electron chi connectivity index (χ3n) is 1.24. The van der Waals surface area contributed by atoms with E-state index in [0.717, 1.165) is 5.69 Å². The van der Waals surface area contributed by atoms with Gasteiger partial charge >= 0.3 is 0 Å². The summed E-state index contributed by atoms with van der Waals surface area (Å²) in [5, 5.41) is 2.95. The summed E-state index contributed by atoms with van der Waals surface area (Å²) in [6.07, 6.45) is 0. The van der Waals surface area contributed by atoms with Gasteiger partial charge in [-0.1, -0.05) is 12.1 Å². The lowest BCUT2D eigenvalue weighted by Crippen LogP contribution is -2.18. The van der Waals surface area contributed by atoms with Crippen molar-refractivity contribution in [2.75, 3.05) is 5.32 Å². The van der Waals surface area contributed by atoms with Gasteiger partial charge in [-0.3, -0.25) is 0 Å². The third kappa shape index (κ3) is 2.22. The van der Waals surface area contributed by atoms with Crippen LogP contribution >= 0.6 is 12.2 Å². The van der Waals surface area contributed by atoms with E-state index in [2.05, 4.69) is 22.4 Å². The Kier molecular flexibility index (Phi) is 2.62. The molecule has 3 nitrogen and oxygen atoms in total. The molecular weight excluding hydrogens is 170 g/mol. The van der Waals surface area contributed by atoms with Gasteiger partial charge in [0.2, 0.25) is 0 Å². The van der Waals surface area contributed by atoms with E-state index in [9.17, 15) is 0 Å². The third-order valence-corrected chi connectivity index (χ3v) is 1.34. The highest BCUT2D eigenvalue weighted by Crippen LogP contribution is 2.17. The van der Waals surface area contributed by atoms with E-state index >= 15 is 0 Å². The van der Waals surface area contributed by atoms with Crippen LogP contribution in [0.5, 0.6) is 0 Å². The number of thiocarbonyl (C=S) groups is 1. The van der Waals surface area contributed by atoms with Crippen molar-refractivity contribution in [3.8, 4) is 0 Å². The Balaban J connectivity index is 2.88. The highest BCUT2D eigenvalue weighted by atomic mass is 32.1. The first kappa shape index (κ1) is 8.50. The highest BCUT2D eigenvalue weighted by Gasteiger charge is 1.94. The Morgan fingerprint density at radius 3 is 2.92 bits per heavy atom. The summed E-state index contributed by atoms with van der Waals surface area (Å²) in [5.74, 6) is 0. The highest BCUT2D eigenvalue weighted by molar-refractivity contribution is 7.80. The van der Waals surface area contributed by atoms with Crippen LogP contribution in [-0.2, 0) is 0 Å². The first-order valence-electron chi connectivity index (χ1n) is 3.26. The van der Waals surface area contributed by atoms with Crippen molar-refractivity contribution >= 4 is 28.7 Å². The fourth-order valence-electron chi connectivity index (χ4n) is 0.795. The second-order valence-corrected chi connectivity index (χ2v) is 2.59. The topological polar surface area (TPSA) is 42.4 Å². The minimum Gasteiger partial charge on any atom is -0.376 e. The molecule has 0 heterocycles. The summed E-state index contributed by atoms with van der Waals surface area (Å²) in [7, 11) is 0. The van der Waals surface area contributed by atoms with Gasteiger partial charge in [0.25, 0.3) is 0 Å². The molecule has 1 rings (SSSR count). The molecule has 0 atom stereocenters. The Bertz CT molecular complexity index is 340. The van der Waals surface area contributed by atoms with E-state index in [4.69, 9.17) is 12.3 Å². The average molecular weight is 177 g/mol. The van der Waals surface area contributed by atoms with Crippen LogP contribution in [0, 0.1) is 6.57 Å². The van der Waals surface area contributed by atoms with Crippen molar-refractivity contribution in [2.45, 2.75) is 0 Å². The lowest BCUT2D eigenvalue weighted by atomic mass is 10.3. The predicted octanol–water partition coefficient (Wildman–Crippen LogP) is 1.89. The molecule has 0 radical (unpaired) electrons. The summed E-state index contributed by atoms with van der Waals surface area (Å²) in [6, 6.07) is 6.98. The number of hydrogen-bond acceptors (Lipinski definition) is 1. The Hall–Kier alpha value is -1.60. The summed E-state index contributed by atoms with van der Waals surface area (Å²) in [4.78, 5) is 3.26. The fourth-order valence-corrected chi connectivity index (χ4v) is 0.913. The molecule has 0 aliphatic carbocycles. The molecule has 1 aromatic rings. The second-order valence-electron chi connectivity index (χ2n) is 2.15. The van der Waals surface area contributed by atoms with Gasteiger partial charge in [-0.05, 0) is 24.4 Å². The molecule has 3 N–H and O–H groups in total. The number of benzene rings is 1. The van der Waals surface area contributed by atoms with E-state index in [0.29, 0.717) is 5.69 Å². The molecule has 60 valence electrons. The van der Waals surface area contributed by atoms with Crippen LogP contribution in [0.1, 0.15) is 0 Å². The molecule has 0 aromatic heterocycles. The van der Waals surface area contributed by atoms with Crippen molar-refractivity contribution < 1.29 is 0 Å². The lowest BCUT2D eigenvalue weighted by molar-refractivity contribution is 1.61. The summed E-state index contributed by atoms with van der Waals surface area (Å²) < 4.78 is 0. The van der Waals surface area contributed by atoms with Gasteiger partial charge < -0.3 is 11.1 Å². The average Bonchev–Trinajstić information content (AvgIpc) is 2.03. The van der Waals surface area contributed by atoms with Gasteiger partial charge in [-0.25, -0.2) is 4.85 Å². The van der Waals surface area contributed by atoms with E-state index < -0.39 is 0 Å². The molecule has 4 heteroatoms. The van der Waals surface area contributed by atoms with Gasteiger partial charge in [0, 0.05) is 5.69 Å². The smallest absolute Gasteiger partial charge is 0.189 e. The van der Waals surface area contributed by atoms with Gasteiger partial charge in [-0.2, -0.15) is 0 Å².